The first-order chi connectivity index (χ1) is 14.7. The first kappa shape index (κ1) is 20.9. The highest BCUT2D eigenvalue weighted by atomic mass is 35.5. The van der Waals surface area contributed by atoms with E-state index in [1.165, 1.54) is 17.8 Å². The van der Waals surface area contributed by atoms with Crippen LogP contribution in [-0.4, -0.2) is 33.4 Å². The normalized spacial score (nSPS) is 31.2. The first-order valence-corrected chi connectivity index (χ1v) is 12.0. The molecule has 4 saturated carbocycles. The van der Waals surface area contributed by atoms with E-state index < -0.39 is 11.4 Å². The number of nitrogen functional groups attached to an aromatic ring is 1. The Kier molecular flexibility index (Phi) is 4.93. The van der Waals surface area contributed by atoms with Gasteiger partial charge in [0, 0.05) is 4.87 Å². The number of esters is 2. The second kappa shape index (κ2) is 7.30. The summed E-state index contributed by atoms with van der Waals surface area (Å²) >= 11 is 8.07. The molecule has 2 aromatic rings. The van der Waals surface area contributed by atoms with E-state index in [1.807, 2.05) is 0 Å². The Labute approximate surface area is 189 Å². The molecule has 7 nitrogen and oxygen atoms in total. The summed E-state index contributed by atoms with van der Waals surface area (Å²) in [5, 5.41) is 0.647. The zero-order valence-electron chi connectivity index (χ0n) is 17.7. The van der Waals surface area contributed by atoms with Crippen LogP contribution < -0.4 is 5.73 Å². The Bertz CT molecular complexity index is 1070. The number of ether oxygens (including phenoxy) is 2. The monoisotopic (exact) mass is 463 g/mol. The van der Waals surface area contributed by atoms with E-state index in [0.29, 0.717) is 51.3 Å². The SMILES string of the molecule is CCOC(=O)c1sc2nc(COC(=O)C34CC5CC(CC(Cl)(C5)C3)C4)nc(N)c2c1C. The lowest BCUT2D eigenvalue weighted by atomic mass is 9.49. The maximum Gasteiger partial charge on any atom is 0.348 e. The van der Waals surface area contributed by atoms with E-state index in [9.17, 15) is 9.59 Å². The summed E-state index contributed by atoms with van der Waals surface area (Å²) < 4.78 is 10.8. The number of thiophene rings is 1. The van der Waals surface area contributed by atoms with Gasteiger partial charge in [-0.3, -0.25) is 4.79 Å². The van der Waals surface area contributed by atoms with Crippen LogP contribution in [0.4, 0.5) is 5.82 Å². The van der Waals surface area contributed by atoms with Crippen molar-refractivity contribution in [2.75, 3.05) is 12.3 Å². The van der Waals surface area contributed by atoms with E-state index in [4.69, 9.17) is 26.8 Å². The van der Waals surface area contributed by atoms with Crippen molar-refractivity contribution in [1.82, 2.24) is 9.97 Å². The minimum atomic E-state index is -0.474. The lowest BCUT2D eigenvalue weighted by molar-refractivity contribution is -0.171. The Morgan fingerprint density at radius 2 is 1.90 bits per heavy atom. The van der Waals surface area contributed by atoms with Gasteiger partial charge in [0.05, 0.1) is 17.4 Å². The number of nitrogens with two attached hydrogens (primary N) is 1. The molecule has 4 bridgehead atoms. The number of fused-ring (bicyclic) bond motifs is 1. The average molecular weight is 464 g/mol. The van der Waals surface area contributed by atoms with Gasteiger partial charge in [-0.1, -0.05) is 0 Å². The van der Waals surface area contributed by atoms with Crippen molar-refractivity contribution in [3.63, 3.8) is 0 Å². The lowest BCUT2D eigenvalue weighted by Gasteiger charge is -2.58. The molecular formula is C22H26ClN3O4S. The van der Waals surface area contributed by atoms with Crippen LogP contribution in [0.5, 0.6) is 0 Å². The van der Waals surface area contributed by atoms with Crippen molar-refractivity contribution in [3.05, 3.63) is 16.3 Å². The highest BCUT2D eigenvalue weighted by molar-refractivity contribution is 7.20. The number of rotatable bonds is 5. The van der Waals surface area contributed by atoms with Gasteiger partial charge in [-0.2, -0.15) is 0 Å². The number of hydrogen-bond donors (Lipinski definition) is 1. The zero-order valence-corrected chi connectivity index (χ0v) is 19.3. The third-order valence-electron chi connectivity index (χ3n) is 7.08. The van der Waals surface area contributed by atoms with Gasteiger partial charge in [0.25, 0.3) is 0 Å². The number of anilines is 1. The standard InChI is InChI=1S/C22H26ClN3O4S/c1-3-29-19(27)16-11(2)15-17(24)25-14(26-18(15)31-16)9-30-20(28)21-5-12-4-13(6-21)8-22(23,7-12)10-21/h12-13H,3-10H2,1-2H3,(H2,24,25,26). The van der Waals surface area contributed by atoms with Crippen LogP contribution in [0.1, 0.15) is 66.5 Å². The molecule has 4 fully saturated rings. The van der Waals surface area contributed by atoms with Crippen molar-refractivity contribution < 1.29 is 19.1 Å². The van der Waals surface area contributed by atoms with Gasteiger partial charge in [-0.05, 0) is 69.8 Å². The second-order valence-corrected chi connectivity index (χ2v) is 11.3. The van der Waals surface area contributed by atoms with E-state index in [0.717, 1.165) is 25.7 Å². The van der Waals surface area contributed by atoms with Crippen LogP contribution in [0.25, 0.3) is 10.2 Å². The number of carbonyl (C=O) groups is 2. The van der Waals surface area contributed by atoms with Crippen molar-refractivity contribution in [2.45, 2.75) is 63.9 Å². The molecule has 0 saturated heterocycles. The predicted octanol–water partition coefficient (Wildman–Crippen LogP) is 4.38. The van der Waals surface area contributed by atoms with Gasteiger partial charge >= 0.3 is 11.9 Å². The lowest BCUT2D eigenvalue weighted by Crippen LogP contribution is -2.56. The number of nitrogens with zero attached hydrogens (tertiary/aromatic N) is 2. The molecule has 6 rings (SSSR count). The Morgan fingerprint density at radius 3 is 2.55 bits per heavy atom. The zero-order chi connectivity index (χ0) is 22.0. The van der Waals surface area contributed by atoms with Crippen molar-refractivity contribution in [3.8, 4) is 0 Å². The van der Waals surface area contributed by atoms with Crippen LogP contribution in [0.3, 0.4) is 0 Å². The summed E-state index contributed by atoms with van der Waals surface area (Å²) in [4.78, 5) is 35.0. The molecule has 2 aromatic heterocycles. The minimum absolute atomic E-state index is 0.0446. The van der Waals surface area contributed by atoms with Gasteiger partial charge in [-0.25, -0.2) is 14.8 Å². The third kappa shape index (κ3) is 3.48. The second-order valence-electron chi connectivity index (χ2n) is 9.45. The maximum atomic E-state index is 13.2. The van der Waals surface area contributed by atoms with Crippen LogP contribution in [0, 0.1) is 24.2 Å². The highest BCUT2D eigenvalue weighted by Crippen LogP contribution is 2.64. The quantitative estimate of drug-likeness (QED) is 0.518. The van der Waals surface area contributed by atoms with Gasteiger partial charge in [0.15, 0.2) is 12.4 Å². The van der Waals surface area contributed by atoms with E-state index in [2.05, 4.69) is 9.97 Å². The molecule has 9 heteroatoms. The predicted molar refractivity (Wildman–Crippen MR) is 118 cm³/mol. The van der Waals surface area contributed by atoms with Gasteiger partial charge in [0.2, 0.25) is 0 Å². The van der Waals surface area contributed by atoms with E-state index in [-0.39, 0.29) is 23.3 Å². The molecule has 166 valence electrons. The fourth-order valence-corrected chi connectivity index (χ4v) is 8.14. The Hall–Kier alpha value is -1.93. The summed E-state index contributed by atoms with van der Waals surface area (Å²) in [6, 6.07) is 0. The summed E-state index contributed by atoms with van der Waals surface area (Å²) in [6.07, 6.45) is 5.63. The summed E-state index contributed by atoms with van der Waals surface area (Å²) in [5.41, 5.74) is 6.40. The number of halogens is 1. The molecule has 31 heavy (non-hydrogen) atoms. The van der Waals surface area contributed by atoms with E-state index in [1.54, 1.807) is 13.8 Å². The largest absolute Gasteiger partial charge is 0.462 e. The molecule has 2 atom stereocenters. The minimum Gasteiger partial charge on any atom is -0.462 e. The van der Waals surface area contributed by atoms with Gasteiger partial charge in [-0.15, -0.1) is 22.9 Å². The van der Waals surface area contributed by atoms with Crippen LogP contribution in [0.15, 0.2) is 0 Å². The molecule has 0 aliphatic heterocycles. The molecule has 2 heterocycles. The topological polar surface area (TPSA) is 104 Å². The molecule has 0 radical (unpaired) electrons. The molecule has 0 spiro atoms. The molecule has 0 amide bonds. The van der Waals surface area contributed by atoms with Crippen molar-refractivity contribution >= 4 is 50.9 Å². The van der Waals surface area contributed by atoms with Gasteiger partial charge in [0.1, 0.15) is 15.5 Å². The molecule has 4 aliphatic rings. The summed E-state index contributed by atoms with van der Waals surface area (Å²) in [7, 11) is 0. The number of aromatic nitrogens is 2. The molecule has 4 aliphatic carbocycles. The Morgan fingerprint density at radius 1 is 1.19 bits per heavy atom. The number of aryl methyl sites for hydroxylation is 1. The van der Waals surface area contributed by atoms with Crippen LogP contribution in [0.2, 0.25) is 0 Å². The molecular weight excluding hydrogens is 438 g/mol. The van der Waals surface area contributed by atoms with E-state index >= 15 is 0 Å². The van der Waals surface area contributed by atoms with Crippen molar-refractivity contribution in [2.24, 2.45) is 17.3 Å². The average Bonchev–Trinajstić information content (AvgIpc) is 3.01. The number of alkyl halides is 1. The molecule has 2 unspecified atom stereocenters. The fraction of sp³-hybridized carbons (Fsp3) is 0.636. The smallest absolute Gasteiger partial charge is 0.348 e. The van der Waals surface area contributed by atoms with Gasteiger partial charge < -0.3 is 15.2 Å². The first-order valence-electron chi connectivity index (χ1n) is 10.8. The third-order valence-corrected chi connectivity index (χ3v) is 8.69. The number of carbonyl (C=O) groups excluding carboxylic acids is 2. The maximum absolute atomic E-state index is 13.2. The summed E-state index contributed by atoms with van der Waals surface area (Å²) in [5.74, 6) is 1.06. The highest BCUT2D eigenvalue weighted by Gasteiger charge is 2.60. The molecule has 0 aromatic carbocycles. The summed E-state index contributed by atoms with van der Waals surface area (Å²) in [6.45, 7) is 3.82. The fourth-order valence-electron chi connectivity index (χ4n) is 6.34. The van der Waals surface area contributed by atoms with Crippen molar-refractivity contribution in [1.29, 1.82) is 0 Å². The van der Waals surface area contributed by atoms with Crippen LogP contribution >= 0.6 is 22.9 Å². The molecule has 2 N–H and O–H groups in total. The van der Waals surface area contributed by atoms with Crippen LogP contribution in [-0.2, 0) is 20.9 Å². The Balaban J connectivity index is 1.35. The number of hydrogen-bond acceptors (Lipinski definition) is 8.